The van der Waals surface area contributed by atoms with Crippen molar-refractivity contribution in [3.63, 3.8) is 0 Å². The molecule has 0 bridgehead atoms. The molecule has 7 heteroatoms. The Morgan fingerprint density at radius 1 is 0.711 bits per heavy atom. The molecule has 0 aliphatic rings. The van der Waals surface area contributed by atoms with Gasteiger partial charge >= 0.3 is 0 Å². The van der Waals surface area contributed by atoms with Gasteiger partial charge in [-0.3, -0.25) is 13.9 Å². The molecule has 5 aromatic rings. The van der Waals surface area contributed by atoms with E-state index in [0.29, 0.717) is 16.8 Å². The maximum atomic E-state index is 14.1. The van der Waals surface area contributed by atoms with Gasteiger partial charge in [-0.05, 0) is 59.9 Å². The van der Waals surface area contributed by atoms with Crippen molar-refractivity contribution in [2.24, 2.45) is 0 Å². The molecule has 0 unspecified atom stereocenters. The number of carbonyl (C=O) groups is 2. The van der Waals surface area contributed by atoms with Gasteiger partial charge in [0.15, 0.2) is 5.78 Å². The van der Waals surface area contributed by atoms with E-state index in [1.54, 1.807) is 72.8 Å². The third kappa shape index (κ3) is 7.21. The van der Waals surface area contributed by atoms with Crippen LogP contribution in [0.5, 0.6) is 0 Å². The number of para-hydroxylation sites is 1. The summed E-state index contributed by atoms with van der Waals surface area (Å²) in [4.78, 5) is 27.2. The quantitative estimate of drug-likeness (QED) is 0.169. The molecule has 0 saturated heterocycles. The molecule has 0 fully saturated rings. The maximum absolute atomic E-state index is 14.1. The van der Waals surface area contributed by atoms with E-state index >= 15 is 0 Å². The van der Waals surface area contributed by atoms with Crippen molar-refractivity contribution >= 4 is 33.1 Å². The first-order valence-electron chi connectivity index (χ1n) is 14.7. The van der Waals surface area contributed by atoms with Gasteiger partial charge in [-0.25, -0.2) is 8.42 Å². The van der Waals surface area contributed by atoms with Crippen LogP contribution in [0, 0.1) is 6.92 Å². The molecule has 0 heterocycles. The Hall–Kier alpha value is -5.01. The molecule has 5 aromatic carbocycles. The number of aryl methyl sites for hydroxylation is 1. The fourth-order valence-electron chi connectivity index (χ4n) is 4.99. The highest BCUT2D eigenvalue weighted by molar-refractivity contribution is 7.92. The Labute approximate surface area is 265 Å². The van der Waals surface area contributed by atoms with E-state index in [2.05, 4.69) is 26.1 Å². The van der Waals surface area contributed by atoms with E-state index in [1.165, 1.54) is 4.31 Å². The van der Waals surface area contributed by atoms with E-state index in [1.807, 2.05) is 61.5 Å². The molecule has 0 aliphatic carbocycles. The van der Waals surface area contributed by atoms with Gasteiger partial charge in [0.25, 0.3) is 15.9 Å². The summed E-state index contributed by atoms with van der Waals surface area (Å²) in [6.07, 6.45) is 0. The van der Waals surface area contributed by atoms with Gasteiger partial charge in [-0.15, -0.1) is 0 Å². The van der Waals surface area contributed by atoms with E-state index in [4.69, 9.17) is 0 Å². The Kier molecular flexibility index (Phi) is 9.02. The first-order chi connectivity index (χ1) is 21.4. The molecule has 45 heavy (non-hydrogen) atoms. The van der Waals surface area contributed by atoms with Gasteiger partial charge in [0, 0.05) is 16.8 Å². The fourth-order valence-corrected chi connectivity index (χ4v) is 6.47. The number of hydrogen-bond acceptors (Lipinski definition) is 4. The van der Waals surface area contributed by atoms with Gasteiger partial charge in [0.2, 0.25) is 0 Å². The second-order valence-corrected chi connectivity index (χ2v) is 13.9. The molecule has 228 valence electrons. The summed E-state index contributed by atoms with van der Waals surface area (Å²) in [6, 6.07) is 36.8. The molecular formula is C38H36N2O4S. The lowest BCUT2D eigenvalue weighted by Crippen LogP contribution is -2.32. The summed E-state index contributed by atoms with van der Waals surface area (Å²) >= 11 is 0. The first kappa shape index (κ1) is 31.4. The normalized spacial score (nSPS) is 11.6. The molecule has 1 amide bonds. The molecular weight excluding hydrogens is 580 g/mol. The Balaban J connectivity index is 1.46. The maximum Gasteiger partial charge on any atom is 0.264 e. The lowest BCUT2D eigenvalue weighted by Gasteiger charge is -2.26. The number of amides is 1. The van der Waals surface area contributed by atoms with Crippen LogP contribution in [0.3, 0.4) is 0 Å². The average Bonchev–Trinajstić information content (AvgIpc) is 3.03. The minimum atomic E-state index is -4.05. The third-order valence-electron chi connectivity index (χ3n) is 7.59. The number of sulfonamides is 1. The second kappa shape index (κ2) is 12.9. The van der Waals surface area contributed by atoms with Crippen molar-refractivity contribution in [3.8, 4) is 0 Å². The topological polar surface area (TPSA) is 83.6 Å². The summed E-state index contributed by atoms with van der Waals surface area (Å²) in [6.45, 7) is 8.27. The first-order valence-corrected chi connectivity index (χ1v) is 16.2. The molecule has 0 saturated carbocycles. The minimum Gasteiger partial charge on any atom is -0.322 e. The lowest BCUT2D eigenvalue weighted by atomic mass is 9.86. The number of carbonyl (C=O) groups excluding carboxylic acids is 2. The number of hydrogen-bond donors (Lipinski definition) is 1. The number of nitrogens with zero attached hydrogens (tertiary/aromatic N) is 1. The van der Waals surface area contributed by atoms with Crippen LogP contribution in [0.25, 0.3) is 0 Å². The van der Waals surface area contributed by atoms with Crippen LogP contribution >= 0.6 is 0 Å². The Morgan fingerprint density at radius 3 is 2.02 bits per heavy atom. The molecule has 0 radical (unpaired) electrons. The summed E-state index contributed by atoms with van der Waals surface area (Å²) in [5.41, 5.74) is 4.62. The van der Waals surface area contributed by atoms with Gasteiger partial charge in [0.05, 0.1) is 22.7 Å². The van der Waals surface area contributed by atoms with Crippen molar-refractivity contribution in [2.45, 2.75) is 44.6 Å². The predicted octanol–water partition coefficient (Wildman–Crippen LogP) is 8.17. The van der Waals surface area contributed by atoms with Gasteiger partial charge in [-0.1, -0.05) is 117 Å². The zero-order valence-electron chi connectivity index (χ0n) is 25.8. The molecule has 5 rings (SSSR count). The zero-order chi connectivity index (χ0) is 32.2. The summed E-state index contributed by atoms with van der Waals surface area (Å²) in [7, 11) is -4.05. The van der Waals surface area contributed by atoms with Crippen molar-refractivity contribution in [3.05, 3.63) is 161 Å². The zero-order valence-corrected chi connectivity index (χ0v) is 26.6. The molecule has 0 atom stereocenters. The largest absolute Gasteiger partial charge is 0.322 e. The van der Waals surface area contributed by atoms with Crippen molar-refractivity contribution < 1.29 is 18.0 Å². The minimum absolute atomic E-state index is 0.0271. The number of anilines is 2. The van der Waals surface area contributed by atoms with Crippen LogP contribution in [0.1, 0.15) is 63.7 Å². The lowest BCUT2D eigenvalue weighted by molar-refractivity contribution is 0.102. The standard InChI is InChI=1S/C38H36N2O4S/c1-27-17-23-33(24-18-27)45(43,44)40(26-28-11-6-5-7-12-28)35-16-9-8-15-34(35)37(42)39-32-14-10-13-30(25-32)36(41)29-19-21-31(22-20-29)38(2,3)4/h5-25H,26H2,1-4H3,(H,39,42). The van der Waals surface area contributed by atoms with Gasteiger partial charge < -0.3 is 5.32 Å². The van der Waals surface area contributed by atoms with E-state index in [0.717, 1.165) is 16.7 Å². The highest BCUT2D eigenvalue weighted by Crippen LogP contribution is 2.30. The second-order valence-electron chi connectivity index (χ2n) is 12.0. The van der Waals surface area contributed by atoms with Gasteiger partial charge in [0.1, 0.15) is 0 Å². The highest BCUT2D eigenvalue weighted by atomic mass is 32.2. The molecule has 0 spiro atoms. The SMILES string of the molecule is Cc1ccc(S(=O)(=O)N(Cc2ccccc2)c2ccccc2C(=O)Nc2cccc(C(=O)c3ccc(C(C)(C)C)cc3)c2)cc1. The van der Waals surface area contributed by atoms with E-state index in [-0.39, 0.29) is 33.9 Å². The molecule has 1 N–H and O–H groups in total. The van der Waals surface area contributed by atoms with Crippen LogP contribution in [0.2, 0.25) is 0 Å². The summed E-state index contributed by atoms with van der Waals surface area (Å²) in [5.74, 6) is -0.660. The van der Waals surface area contributed by atoms with Gasteiger partial charge in [-0.2, -0.15) is 0 Å². The molecule has 0 aliphatic heterocycles. The predicted molar refractivity (Wildman–Crippen MR) is 180 cm³/mol. The number of ketones is 1. The van der Waals surface area contributed by atoms with Crippen LogP contribution < -0.4 is 9.62 Å². The van der Waals surface area contributed by atoms with Crippen molar-refractivity contribution in [2.75, 3.05) is 9.62 Å². The smallest absolute Gasteiger partial charge is 0.264 e. The van der Waals surface area contributed by atoms with Crippen molar-refractivity contribution in [1.29, 1.82) is 0 Å². The monoisotopic (exact) mass is 616 g/mol. The summed E-state index contributed by atoms with van der Waals surface area (Å²) in [5, 5.41) is 2.88. The molecule has 0 aromatic heterocycles. The van der Waals surface area contributed by atoms with E-state index in [9.17, 15) is 18.0 Å². The highest BCUT2D eigenvalue weighted by Gasteiger charge is 2.29. The van der Waals surface area contributed by atoms with Crippen LogP contribution in [-0.2, 0) is 22.0 Å². The van der Waals surface area contributed by atoms with Crippen molar-refractivity contribution in [1.82, 2.24) is 0 Å². The summed E-state index contributed by atoms with van der Waals surface area (Å²) < 4.78 is 29.4. The average molecular weight is 617 g/mol. The van der Waals surface area contributed by atoms with Crippen LogP contribution in [-0.4, -0.2) is 20.1 Å². The number of rotatable bonds is 9. The van der Waals surface area contributed by atoms with E-state index < -0.39 is 15.9 Å². The third-order valence-corrected chi connectivity index (χ3v) is 9.37. The van der Waals surface area contributed by atoms with Crippen LogP contribution in [0.4, 0.5) is 11.4 Å². The molecule has 6 nitrogen and oxygen atoms in total. The number of benzene rings is 5. The fraction of sp³-hybridized carbons (Fsp3) is 0.158. The number of nitrogens with one attached hydrogen (secondary N) is 1. The van der Waals surface area contributed by atoms with Crippen LogP contribution in [0.15, 0.2) is 132 Å². The Morgan fingerprint density at radius 2 is 1.36 bits per heavy atom. The Bertz CT molecular complexity index is 1930.